The van der Waals surface area contributed by atoms with Gasteiger partial charge < -0.3 is 10.6 Å². The Morgan fingerprint density at radius 2 is 1.96 bits per heavy atom. The van der Waals surface area contributed by atoms with Gasteiger partial charge >= 0.3 is 6.03 Å². The average molecular weight is 386 g/mol. The number of hydrogen-bond donors (Lipinski definition) is 2. The molecule has 0 radical (unpaired) electrons. The highest BCUT2D eigenvalue weighted by Crippen LogP contribution is 2.46. The summed E-state index contributed by atoms with van der Waals surface area (Å²) in [7, 11) is 0. The predicted octanol–water partition coefficient (Wildman–Crippen LogP) is 3.06. The van der Waals surface area contributed by atoms with Crippen LogP contribution in [0, 0.1) is 25.2 Å². The number of carbonyl (C=O) groups is 3. The fourth-order valence-corrected chi connectivity index (χ4v) is 5.09. The van der Waals surface area contributed by atoms with Gasteiger partial charge in [0, 0.05) is 6.54 Å². The maximum atomic E-state index is 13.1. The molecule has 1 saturated heterocycles. The monoisotopic (exact) mass is 385 g/mol. The number of nitrogens with one attached hydrogen (secondary N) is 2. The minimum atomic E-state index is -0.869. The van der Waals surface area contributed by atoms with Gasteiger partial charge in [0.1, 0.15) is 12.1 Å². The molecule has 2 unspecified atom stereocenters. The molecule has 1 heterocycles. The molecule has 1 aromatic carbocycles. The van der Waals surface area contributed by atoms with Crippen LogP contribution in [0.2, 0.25) is 0 Å². The third kappa shape index (κ3) is 4.05. The Balaban J connectivity index is 1.65. The number of imide groups is 1. The van der Waals surface area contributed by atoms with Crippen LogP contribution in [0.4, 0.5) is 4.79 Å². The van der Waals surface area contributed by atoms with E-state index in [1.165, 1.54) is 5.56 Å². The van der Waals surface area contributed by atoms with Gasteiger partial charge in [-0.2, -0.15) is 0 Å². The van der Waals surface area contributed by atoms with Gasteiger partial charge in [-0.05, 0) is 55.6 Å². The van der Waals surface area contributed by atoms with Crippen molar-refractivity contribution in [3.63, 3.8) is 0 Å². The number of amides is 4. The van der Waals surface area contributed by atoms with E-state index in [2.05, 4.69) is 37.5 Å². The third-order valence-corrected chi connectivity index (χ3v) is 5.90. The van der Waals surface area contributed by atoms with Crippen LogP contribution in [-0.2, 0) is 16.1 Å². The second-order valence-electron chi connectivity index (χ2n) is 9.46. The summed E-state index contributed by atoms with van der Waals surface area (Å²) in [5.74, 6) is -0.256. The minimum Gasteiger partial charge on any atom is -0.350 e. The molecule has 0 aromatic heterocycles. The van der Waals surface area contributed by atoms with Crippen molar-refractivity contribution in [2.75, 3.05) is 6.54 Å². The van der Waals surface area contributed by atoms with E-state index in [0.717, 1.165) is 22.4 Å². The molecule has 28 heavy (non-hydrogen) atoms. The first kappa shape index (κ1) is 20.4. The number of nitrogens with zero attached hydrogens (tertiary/aromatic N) is 1. The normalized spacial score (nSPS) is 26.5. The van der Waals surface area contributed by atoms with Crippen molar-refractivity contribution in [3.05, 3.63) is 34.9 Å². The van der Waals surface area contributed by atoms with Crippen molar-refractivity contribution < 1.29 is 14.4 Å². The van der Waals surface area contributed by atoms with Gasteiger partial charge in [0.25, 0.3) is 5.91 Å². The summed E-state index contributed by atoms with van der Waals surface area (Å²) in [5.41, 5.74) is 2.40. The van der Waals surface area contributed by atoms with Crippen molar-refractivity contribution in [2.24, 2.45) is 11.3 Å². The second-order valence-corrected chi connectivity index (χ2v) is 9.46. The Labute approximate surface area is 167 Å². The van der Waals surface area contributed by atoms with Gasteiger partial charge in [-0.3, -0.25) is 14.5 Å². The lowest BCUT2D eigenvalue weighted by Gasteiger charge is -2.43. The summed E-state index contributed by atoms with van der Waals surface area (Å²) in [4.78, 5) is 39.1. The SMILES string of the molecule is Cc1ccc(CNC(=O)CN2C(=O)NC3(CC(C)CC(C)(C)C3)C2=O)c(C)c1. The zero-order valence-corrected chi connectivity index (χ0v) is 17.5. The summed E-state index contributed by atoms with van der Waals surface area (Å²) in [6.45, 7) is 10.5. The molecule has 2 aliphatic rings. The molecule has 1 aliphatic heterocycles. The molecule has 1 aromatic rings. The van der Waals surface area contributed by atoms with Crippen LogP contribution in [0.15, 0.2) is 18.2 Å². The van der Waals surface area contributed by atoms with E-state index in [1.807, 2.05) is 26.0 Å². The summed E-state index contributed by atoms with van der Waals surface area (Å²) >= 11 is 0. The first-order valence-electron chi connectivity index (χ1n) is 9.98. The van der Waals surface area contributed by atoms with E-state index in [-0.39, 0.29) is 23.8 Å². The Morgan fingerprint density at radius 3 is 2.61 bits per heavy atom. The van der Waals surface area contributed by atoms with E-state index in [1.54, 1.807) is 0 Å². The molecule has 6 heteroatoms. The fourth-order valence-electron chi connectivity index (χ4n) is 5.09. The zero-order chi connectivity index (χ0) is 20.7. The van der Waals surface area contributed by atoms with Crippen molar-refractivity contribution in [1.82, 2.24) is 15.5 Å². The van der Waals surface area contributed by atoms with Crippen LogP contribution in [-0.4, -0.2) is 34.8 Å². The van der Waals surface area contributed by atoms with Crippen LogP contribution in [0.3, 0.4) is 0 Å². The maximum absolute atomic E-state index is 13.1. The van der Waals surface area contributed by atoms with E-state index in [4.69, 9.17) is 0 Å². The van der Waals surface area contributed by atoms with E-state index in [9.17, 15) is 14.4 Å². The number of hydrogen-bond acceptors (Lipinski definition) is 3. The molecular weight excluding hydrogens is 354 g/mol. The lowest BCUT2D eigenvalue weighted by Crippen LogP contribution is -2.54. The van der Waals surface area contributed by atoms with Crippen LogP contribution < -0.4 is 10.6 Å². The lowest BCUT2D eigenvalue weighted by molar-refractivity contribution is -0.137. The highest BCUT2D eigenvalue weighted by atomic mass is 16.2. The molecular formula is C22H31N3O3. The topological polar surface area (TPSA) is 78.5 Å². The summed E-state index contributed by atoms with van der Waals surface area (Å²) in [5, 5.41) is 5.74. The fraction of sp³-hybridized carbons (Fsp3) is 0.591. The Kier molecular flexibility index (Phi) is 5.26. The van der Waals surface area contributed by atoms with Crippen LogP contribution in [0.1, 0.15) is 56.7 Å². The van der Waals surface area contributed by atoms with E-state index < -0.39 is 11.6 Å². The molecule has 1 saturated carbocycles. The first-order valence-corrected chi connectivity index (χ1v) is 9.98. The number of aryl methyl sites for hydroxylation is 2. The smallest absolute Gasteiger partial charge is 0.325 e. The molecule has 2 atom stereocenters. The van der Waals surface area contributed by atoms with Crippen molar-refractivity contribution >= 4 is 17.8 Å². The number of benzene rings is 1. The lowest BCUT2D eigenvalue weighted by atomic mass is 9.64. The third-order valence-electron chi connectivity index (χ3n) is 5.90. The molecule has 1 aliphatic carbocycles. The van der Waals surface area contributed by atoms with Gasteiger partial charge in [0.05, 0.1) is 0 Å². The molecule has 1 spiro atoms. The number of carbonyl (C=O) groups excluding carboxylic acids is 3. The van der Waals surface area contributed by atoms with Crippen LogP contribution >= 0.6 is 0 Å². The van der Waals surface area contributed by atoms with Crippen LogP contribution in [0.25, 0.3) is 0 Å². The highest BCUT2D eigenvalue weighted by molar-refractivity contribution is 6.09. The van der Waals surface area contributed by atoms with E-state index in [0.29, 0.717) is 25.3 Å². The largest absolute Gasteiger partial charge is 0.350 e. The number of rotatable bonds is 4. The molecule has 152 valence electrons. The quantitative estimate of drug-likeness (QED) is 0.782. The summed E-state index contributed by atoms with van der Waals surface area (Å²) in [6.07, 6.45) is 2.26. The molecule has 6 nitrogen and oxygen atoms in total. The first-order chi connectivity index (χ1) is 13.0. The van der Waals surface area contributed by atoms with Crippen molar-refractivity contribution in [2.45, 2.75) is 66.0 Å². The highest BCUT2D eigenvalue weighted by Gasteiger charge is 2.56. The van der Waals surface area contributed by atoms with Gasteiger partial charge in [-0.1, -0.05) is 44.5 Å². The second kappa shape index (κ2) is 7.22. The minimum absolute atomic E-state index is 0.0259. The summed E-state index contributed by atoms with van der Waals surface area (Å²) < 4.78 is 0. The van der Waals surface area contributed by atoms with Gasteiger partial charge in [-0.15, -0.1) is 0 Å². The zero-order valence-electron chi connectivity index (χ0n) is 17.5. The molecule has 0 bridgehead atoms. The standard InChI is InChI=1S/C22H31N3O3/c1-14-6-7-17(16(3)8-14)11-23-18(26)12-25-19(27)22(24-20(25)28)10-15(2)9-21(4,5)13-22/h6-8,15H,9-13H2,1-5H3,(H,23,26)(H,24,28). The molecule has 3 rings (SSSR count). The average Bonchev–Trinajstić information content (AvgIpc) is 2.75. The number of urea groups is 1. The van der Waals surface area contributed by atoms with Crippen LogP contribution in [0.5, 0.6) is 0 Å². The van der Waals surface area contributed by atoms with Gasteiger partial charge in [0.15, 0.2) is 0 Å². The molecule has 4 amide bonds. The van der Waals surface area contributed by atoms with Crippen molar-refractivity contribution in [1.29, 1.82) is 0 Å². The maximum Gasteiger partial charge on any atom is 0.325 e. The Morgan fingerprint density at radius 1 is 1.25 bits per heavy atom. The molecule has 2 N–H and O–H groups in total. The van der Waals surface area contributed by atoms with Gasteiger partial charge in [-0.25, -0.2) is 4.79 Å². The van der Waals surface area contributed by atoms with Crippen molar-refractivity contribution in [3.8, 4) is 0 Å². The molecule has 2 fully saturated rings. The predicted molar refractivity (Wildman–Crippen MR) is 108 cm³/mol. The Hall–Kier alpha value is -2.37. The Bertz CT molecular complexity index is 817. The summed E-state index contributed by atoms with van der Waals surface area (Å²) in [6, 6.07) is 5.59. The van der Waals surface area contributed by atoms with Gasteiger partial charge in [0.2, 0.25) is 5.91 Å². The van der Waals surface area contributed by atoms with E-state index >= 15 is 0 Å².